The van der Waals surface area contributed by atoms with E-state index < -0.39 is 29.5 Å². The van der Waals surface area contributed by atoms with Gasteiger partial charge in [-0.25, -0.2) is 0 Å². The van der Waals surface area contributed by atoms with E-state index in [1.165, 1.54) is 12.1 Å². The summed E-state index contributed by atoms with van der Waals surface area (Å²) < 4.78 is 0. The van der Waals surface area contributed by atoms with Crippen molar-refractivity contribution < 1.29 is 29.4 Å². The average molecular weight is 667 g/mol. The summed E-state index contributed by atoms with van der Waals surface area (Å²) in [6.07, 6.45) is 15.6. The Morgan fingerprint density at radius 3 is 1.50 bits per heavy atom. The maximum Gasteiger partial charge on any atom is 0.273 e. The zero-order valence-corrected chi connectivity index (χ0v) is 29.3. The second-order valence-corrected chi connectivity index (χ2v) is 12.6. The van der Waals surface area contributed by atoms with Crippen LogP contribution in [0.15, 0.2) is 36.4 Å². The van der Waals surface area contributed by atoms with Gasteiger partial charge in [0.25, 0.3) is 11.8 Å². The lowest BCUT2D eigenvalue weighted by Crippen LogP contribution is -2.47. The molecule has 48 heavy (non-hydrogen) atoms. The van der Waals surface area contributed by atoms with Crippen molar-refractivity contribution in [2.75, 3.05) is 0 Å². The first kappa shape index (κ1) is 40.1. The van der Waals surface area contributed by atoms with Gasteiger partial charge in [0.05, 0.1) is 11.1 Å². The molecule has 266 valence electrons. The van der Waals surface area contributed by atoms with Gasteiger partial charge in [-0.05, 0) is 55.4 Å². The van der Waals surface area contributed by atoms with E-state index in [1.54, 1.807) is 24.3 Å². The van der Waals surface area contributed by atoms with E-state index in [0.717, 1.165) is 89.9 Å². The molecule has 0 bridgehead atoms. The molecule has 0 aromatic heterocycles. The Hall–Kier alpha value is -4.08. The molecule has 0 heterocycles. The fourth-order valence-corrected chi connectivity index (χ4v) is 5.84. The van der Waals surface area contributed by atoms with Gasteiger partial charge in [0.2, 0.25) is 11.8 Å². The van der Waals surface area contributed by atoms with Gasteiger partial charge >= 0.3 is 0 Å². The van der Waals surface area contributed by atoms with Crippen LogP contribution in [0.2, 0.25) is 0 Å². The number of hydrogen-bond donors (Lipinski definition) is 6. The van der Waals surface area contributed by atoms with Crippen molar-refractivity contribution in [1.29, 1.82) is 0 Å². The number of phenolic OH excluding ortho intramolecular Hbond substituents is 2. The number of nitrogens with one attached hydrogen (secondary N) is 4. The summed E-state index contributed by atoms with van der Waals surface area (Å²) in [4.78, 5) is 52.4. The van der Waals surface area contributed by atoms with Crippen LogP contribution in [0.5, 0.6) is 11.5 Å². The van der Waals surface area contributed by atoms with Gasteiger partial charge in [0.1, 0.15) is 11.5 Å². The predicted molar refractivity (Wildman–Crippen MR) is 189 cm³/mol. The van der Waals surface area contributed by atoms with Crippen LogP contribution in [0, 0.1) is 5.92 Å². The van der Waals surface area contributed by atoms with Crippen molar-refractivity contribution in [3.05, 3.63) is 58.7 Å². The summed E-state index contributed by atoms with van der Waals surface area (Å²) in [5.41, 5.74) is 11.3. The largest absolute Gasteiger partial charge is 0.507 e. The summed E-state index contributed by atoms with van der Waals surface area (Å²) in [5, 5.41) is 20.9. The molecule has 2 aromatic rings. The molecule has 0 aliphatic heterocycles. The van der Waals surface area contributed by atoms with E-state index in [4.69, 9.17) is 0 Å². The lowest BCUT2D eigenvalue weighted by molar-refractivity contribution is -0.131. The van der Waals surface area contributed by atoms with E-state index in [9.17, 15) is 29.4 Å². The van der Waals surface area contributed by atoms with Crippen molar-refractivity contribution in [3.8, 4) is 11.5 Å². The number of benzene rings is 2. The minimum absolute atomic E-state index is 0.118. The SMILES string of the molecule is CCCCCCCCC(CC(=O)NNC(=O)c1c(O)cccc1CCCCCC)C(=O)NNC(=O)c1c(O)cccc1CCCCCC. The third kappa shape index (κ3) is 14.4. The first-order valence-corrected chi connectivity index (χ1v) is 18.0. The van der Waals surface area contributed by atoms with Crippen LogP contribution < -0.4 is 21.7 Å². The van der Waals surface area contributed by atoms with Crippen molar-refractivity contribution >= 4 is 23.6 Å². The number of amides is 4. The Morgan fingerprint density at radius 1 is 0.562 bits per heavy atom. The van der Waals surface area contributed by atoms with Gasteiger partial charge in [-0.3, -0.25) is 40.9 Å². The first-order chi connectivity index (χ1) is 23.2. The van der Waals surface area contributed by atoms with Crippen LogP contribution in [0.25, 0.3) is 0 Å². The van der Waals surface area contributed by atoms with Gasteiger partial charge in [-0.15, -0.1) is 0 Å². The molecule has 10 nitrogen and oxygen atoms in total. The fourth-order valence-electron chi connectivity index (χ4n) is 5.84. The number of phenols is 2. The van der Waals surface area contributed by atoms with Crippen molar-refractivity contribution in [2.45, 2.75) is 136 Å². The number of carbonyl (C=O) groups is 4. The number of hydrogen-bond acceptors (Lipinski definition) is 6. The van der Waals surface area contributed by atoms with Gasteiger partial charge in [-0.1, -0.05) is 122 Å². The summed E-state index contributed by atoms with van der Waals surface area (Å²) >= 11 is 0. The lowest BCUT2D eigenvalue weighted by Gasteiger charge is -2.18. The maximum absolute atomic E-state index is 13.3. The highest BCUT2D eigenvalue weighted by atomic mass is 16.3. The van der Waals surface area contributed by atoms with Crippen LogP contribution in [0.4, 0.5) is 0 Å². The quantitative estimate of drug-likeness (QED) is 0.0571. The molecule has 0 aliphatic rings. The minimum atomic E-state index is -0.773. The maximum atomic E-state index is 13.3. The molecule has 0 fully saturated rings. The van der Waals surface area contributed by atoms with Crippen LogP contribution in [0.3, 0.4) is 0 Å². The number of hydrazine groups is 2. The molecule has 10 heteroatoms. The molecule has 1 atom stereocenters. The van der Waals surface area contributed by atoms with Gasteiger partial charge in [0, 0.05) is 12.3 Å². The molecule has 2 rings (SSSR count). The third-order valence-electron chi connectivity index (χ3n) is 8.63. The van der Waals surface area contributed by atoms with E-state index in [1.807, 2.05) is 0 Å². The lowest BCUT2D eigenvalue weighted by atomic mass is 9.96. The zero-order chi connectivity index (χ0) is 35.1. The van der Waals surface area contributed by atoms with Crippen molar-refractivity contribution in [1.82, 2.24) is 21.7 Å². The molecule has 0 saturated heterocycles. The summed E-state index contributed by atoms with van der Waals surface area (Å²) in [6.45, 7) is 6.39. The summed E-state index contributed by atoms with van der Waals surface area (Å²) in [6, 6.07) is 9.86. The molecule has 0 aliphatic carbocycles. The fraction of sp³-hybridized carbons (Fsp3) is 0.579. The number of aryl methyl sites for hydroxylation is 2. The first-order valence-electron chi connectivity index (χ1n) is 18.0. The highest BCUT2D eigenvalue weighted by Gasteiger charge is 2.24. The molecule has 0 radical (unpaired) electrons. The number of rotatable bonds is 22. The molecule has 4 amide bonds. The Balaban J connectivity index is 2.04. The van der Waals surface area contributed by atoms with E-state index in [0.29, 0.717) is 30.4 Å². The number of unbranched alkanes of at least 4 members (excludes halogenated alkanes) is 11. The zero-order valence-electron chi connectivity index (χ0n) is 29.3. The Labute approximate surface area is 286 Å². The van der Waals surface area contributed by atoms with Gasteiger partial charge < -0.3 is 10.2 Å². The smallest absolute Gasteiger partial charge is 0.273 e. The monoisotopic (exact) mass is 666 g/mol. The Bertz CT molecular complexity index is 1300. The number of aromatic hydroxyl groups is 2. The summed E-state index contributed by atoms with van der Waals surface area (Å²) in [7, 11) is 0. The van der Waals surface area contributed by atoms with E-state index in [-0.39, 0.29) is 29.0 Å². The standard InChI is InChI=1S/C38H58N4O6/c1-4-7-10-13-14-17-22-30(36(46)40-42-38(48)35-29(21-16-12-9-6-3)24-19-26-32(35)44)27-33(45)39-41-37(47)34-28(20-15-11-8-5-2)23-18-25-31(34)43/h18-19,23-26,30,43-44H,4-17,20-22,27H2,1-3H3,(H,39,45)(H,40,46)(H,41,47)(H,42,48). The molecule has 0 spiro atoms. The molecule has 1 unspecified atom stereocenters. The van der Waals surface area contributed by atoms with E-state index >= 15 is 0 Å². The second kappa shape index (κ2) is 23.3. The van der Waals surface area contributed by atoms with Crippen LogP contribution in [-0.4, -0.2) is 33.8 Å². The van der Waals surface area contributed by atoms with E-state index in [2.05, 4.69) is 42.5 Å². The molecule has 2 aromatic carbocycles. The number of carbonyl (C=O) groups excluding carboxylic acids is 4. The third-order valence-corrected chi connectivity index (χ3v) is 8.63. The van der Waals surface area contributed by atoms with Crippen LogP contribution in [-0.2, 0) is 22.4 Å². The second-order valence-electron chi connectivity index (χ2n) is 12.6. The highest BCUT2D eigenvalue weighted by Crippen LogP contribution is 2.24. The van der Waals surface area contributed by atoms with Crippen LogP contribution in [0.1, 0.15) is 155 Å². The van der Waals surface area contributed by atoms with Gasteiger partial charge in [-0.2, -0.15) is 0 Å². The van der Waals surface area contributed by atoms with Crippen molar-refractivity contribution in [3.63, 3.8) is 0 Å². The molecular weight excluding hydrogens is 608 g/mol. The van der Waals surface area contributed by atoms with Crippen molar-refractivity contribution in [2.24, 2.45) is 5.92 Å². The summed E-state index contributed by atoms with van der Waals surface area (Å²) in [5.74, 6) is -3.48. The molecule has 6 N–H and O–H groups in total. The minimum Gasteiger partial charge on any atom is -0.507 e. The topological polar surface area (TPSA) is 157 Å². The predicted octanol–water partition coefficient (Wildman–Crippen LogP) is 7.32. The molecular formula is C38H58N4O6. The average Bonchev–Trinajstić information content (AvgIpc) is 3.07. The normalized spacial score (nSPS) is 11.5. The van der Waals surface area contributed by atoms with Crippen LogP contribution >= 0.6 is 0 Å². The van der Waals surface area contributed by atoms with Gasteiger partial charge in [0.15, 0.2) is 0 Å². The highest BCUT2D eigenvalue weighted by molar-refractivity contribution is 6.00. The Kier molecular flexibility index (Phi) is 19.4. The Morgan fingerprint density at radius 2 is 1.00 bits per heavy atom. The molecule has 0 saturated carbocycles.